The Bertz CT molecular complexity index is 1710. The fraction of sp³-hybridized carbons (Fsp3) is 0.0385. The van der Waals surface area contributed by atoms with E-state index in [-0.39, 0.29) is 20.4 Å². The van der Waals surface area contributed by atoms with Crippen LogP contribution in [0.4, 0.5) is 17.1 Å². The minimum Gasteiger partial charge on any atom is -0.322 e. The Morgan fingerprint density at radius 1 is 0.763 bits per heavy atom. The van der Waals surface area contributed by atoms with E-state index in [4.69, 9.17) is 11.6 Å². The van der Waals surface area contributed by atoms with Crippen LogP contribution < -0.4 is 14.8 Å². The molecule has 0 fully saturated rings. The number of hydrogen-bond acceptors (Lipinski definition) is 5. The maximum absolute atomic E-state index is 13.0. The standard InChI is InChI=1S/C26H21BrClN3O5S2/c1-17-4-2-3-5-24(17)31-38(35,36)25-16-18(6-15-23(25)28)26(32)29-20-11-13-22(14-12-20)37(33,34)30-21-9-7-19(27)8-10-21/h2-16,30-31H,1H3,(H,29,32). The molecule has 0 saturated carbocycles. The molecule has 0 unspecified atom stereocenters. The first-order valence-electron chi connectivity index (χ1n) is 11.0. The van der Waals surface area contributed by atoms with Crippen LogP contribution in [0.3, 0.4) is 0 Å². The molecule has 0 bridgehead atoms. The van der Waals surface area contributed by atoms with Crippen molar-refractivity contribution >= 4 is 70.5 Å². The second kappa shape index (κ2) is 11.2. The van der Waals surface area contributed by atoms with Crippen LogP contribution in [0, 0.1) is 6.92 Å². The summed E-state index contributed by atoms with van der Waals surface area (Å²) in [6, 6.07) is 23.0. The molecule has 4 aromatic carbocycles. The molecule has 8 nitrogen and oxygen atoms in total. The maximum Gasteiger partial charge on any atom is 0.263 e. The van der Waals surface area contributed by atoms with Crippen molar-refractivity contribution in [2.24, 2.45) is 0 Å². The minimum absolute atomic E-state index is 0.000528. The minimum atomic E-state index is -4.08. The third kappa shape index (κ3) is 6.54. The first-order valence-corrected chi connectivity index (χ1v) is 15.2. The van der Waals surface area contributed by atoms with Gasteiger partial charge in [-0.25, -0.2) is 16.8 Å². The number of hydrogen-bond donors (Lipinski definition) is 3. The number of carbonyl (C=O) groups is 1. The second-order valence-electron chi connectivity index (χ2n) is 8.16. The summed E-state index contributed by atoms with van der Waals surface area (Å²) in [7, 11) is -7.93. The topological polar surface area (TPSA) is 121 Å². The molecule has 0 aliphatic carbocycles. The molecule has 0 atom stereocenters. The van der Waals surface area contributed by atoms with E-state index < -0.39 is 26.0 Å². The molecule has 1 amide bonds. The van der Waals surface area contributed by atoms with Crippen molar-refractivity contribution in [1.82, 2.24) is 0 Å². The molecular formula is C26H21BrClN3O5S2. The van der Waals surface area contributed by atoms with E-state index in [1.165, 1.54) is 42.5 Å². The van der Waals surface area contributed by atoms with Crippen molar-refractivity contribution in [3.63, 3.8) is 0 Å². The highest BCUT2D eigenvalue weighted by Gasteiger charge is 2.21. The smallest absolute Gasteiger partial charge is 0.263 e. The Labute approximate surface area is 234 Å². The van der Waals surface area contributed by atoms with Crippen molar-refractivity contribution < 1.29 is 21.6 Å². The van der Waals surface area contributed by atoms with Crippen LogP contribution in [-0.2, 0) is 20.0 Å². The molecule has 0 saturated heterocycles. The quantitative estimate of drug-likeness (QED) is 0.211. The van der Waals surface area contributed by atoms with Crippen LogP contribution in [0.5, 0.6) is 0 Å². The number of rotatable bonds is 8. The molecule has 0 aromatic heterocycles. The van der Waals surface area contributed by atoms with Gasteiger partial charge in [-0.2, -0.15) is 0 Å². The van der Waals surface area contributed by atoms with Crippen molar-refractivity contribution in [2.45, 2.75) is 16.7 Å². The van der Waals surface area contributed by atoms with E-state index in [0.29, 0.717) is 17.1 Å². The summed E-state index contributed by atoms with van der Waals surface area (Å²) in [5.74, 6) is -0.599. The number of benzene rings is 4. The van der Waals surface area contributed by atoms with E-state index in [9.17, 15) is 21.6 Å². The van der Waals surface area contributed by atoms with Crippen LogP contribution in [0.2, 0.25) is 5.02 Å². The molecule has 12 heteroatoms. The lowest BCUT2D eigenvalue weighted by atomic mass is 10.2. The van der Waals surface area contributed by atoms with Crippen molar-refractivity contribution in [2.75, 3.05) is 14.8 Å². The highest BCUT2D eigenvalue weighted by molar-refractivity contribution is 9.10. The summed E-state index contributed by atoms with van der Waals surface area (Å²) in [4.78, 5) is 12.6. The van der Waals surface area contributed by atoms with E-state index in [2.05, 4.69) is 30.7 Å². The van der Waals surface area contributed by atoms with Gasteiger partial charge in [0.15, 0.2) is 0 Å². The number of amides is 1. The second-order valence-corrected chi connectivity index (χ2v) is 12.8. The average Bonchev–Trinajstić information content (AvgIpc) is 2.87. The van der Waals surface area contributed by atoms with E-state index in [0.717, 1.165) is 10.0 Å². The number of aryl methyl sites for hydroxylation is 1. The third-order valence-electron chi connectivity index (χ3n) is 5.39. The third-order valence-corrected chi connectivity index (χ3v) is 9.16. The summed E-state index contributed by atoms with van der Waals surface area (Å²) in [5, 5.41) is 2.59. The highest BCUT2D eigenvalue weighted by atomic mass is 79.9. The largest absolute Gasteiger partial charge is 0.322 e. The number of nitrogens with one attached hydrogen (secondary N) is 3. The monoisotopic (exact) mass is 633 g/mol. The molecule has 0 heterocycles. The summed E-state index contributed by atoms with van der Waals surface area (Å²) in [6.45, 7) is 1.76. The Kier molecular flexibility index (Phi) is 8.12. The van der Waals surface area contributed by atoms with Gasteiger partial charge < -0.3 is 5.32 Å². The number of sulfonamides is 2. The van der Waals surface area contributed by atoms with Gasteiger partial charge in [-0.3, -0.25) is 14.2 Å². The van der Waals surface area contributed by atoms with Crippen molar-refractivity contribution in [3.05, 3.63) is 112 Å². The van der Waals surface area contributed by atoms with E-state index in [1.807, 2.05) is 0 Å². The lowest BCUT2D eigenvalue weighted by Crippen LogP contribution is -2.17. The number of halogens is 2. The predicted octanol–water partition coefficient (Wildman–Crippen LogP) is 6.26. The number of para-hydroxylation sites is 1. The van der Waals surface area contributed by atoms with Gasteiger partial charge in [-0.05, 0) is 85.3 Å². The molecule has 196 valence electrons. The zero-order valence-electron chi connectivity index (χ0n) is 19.8. The molecule has 0 radical (unpaired) electrons. The predicted molar refractivity (Wildman–Crippen MR) is 153 cm³/mol. The van der Waals surface area contributed by atoms with Crippen molar-refractivity contribution in [1.29, 1.82) is 0 Å². The van der Waals surface area contributed by atoms with Gasteiger partial charge in [0.2, 0.25) is 0 Å². The lowest BCUT2D eigenvalue weighted by molar-refractivity contribution is 0.102. The Hall–Kier alpha value is -3.38. The Morgan fingerprint density at radius 2 is 1.39 bits per heavy atom. The number of carbonyl (C=O) groups excluding carboxylic acids is 1. The molecule has 4 aromatic rings. The van der Waals surface area contributed by atoms with Gasteiger partial charge in [-0.15, -0.1) is 0 Å². The molecule has 38 heavy (non-hydrogen) atoms. The molecule has 4 rings (SSSR count). The number of anilines is 3. The van der Waals surface area contributed by atoms with Gasteiger partial charge in [-0.1, -0.05) is 45.7 Å². The van der Waals surface area contributed by atoms with Gasteiger partial charge in [0.25, 0.3) is 26.0 Å². The molecule has 0 spiro atoms. The van der Waals surface area contributed by atoms with E-state index >= 15 is 0 Å². The van der Waals surface area contributed by atoms with Crippen LogP contribution in [0.25, 0.3) is 0 Å². The summed E-state index contributed by atoms with van der Waals surface area (Å²) in [5.41, 5.74) is 1.88. The zero-order chi connectivity index (χ0) is 27.5. The fourth-order valence-electron chi connectivity index (χ4n) is 3.39. The fourth-order valence-corrected chi connectivity index (χ4v) is 6.37. The van der Waals surface area contributed by atoms with Crippen molar-refractivity contribution in [3.8, 4) is 0 Å². The van der Waals surface area contributed by atoms with Gasteiger partial charge in [0.1, 0.15) is 4.90 Å². The zero-order valence-corrected chi connectivity index (χ0v) is 23.7. The molecular weight excluding hydrogens is 614 g/mol. The molecule has 3 N–H and O–H groups in total. The SMILES string of the molecule is Cc1ccccc1NS(=O)(=O)c1cc(C(=O)Nc2ccc(S(=O)(=O)Nc3ccc(Br)cc3)cc2)ccc1Cl. The van der Waals surface area contributed by atoms with Gasteiger partial charge >= 0.3 is 0 Å². The van der Waals surface area contributed by atoms with E-state index in [1.54, 1.807) is 55.5 Å². The Morgan fingerprint density at radius 3 is 2.05 bits per heavy atom. The Balaban J connectivity index is 1.50. The lowest BCUT2D eigenvalue weighted by Gasteiger charge is -2.13. The van der Waals surface area contributed by atoms with Gasteiger partial charge in [0.05, 0.1) is 15.6 Å². The van der Waals surface area contributed by atoms with Gasteiger partial charge in [0, 0.05) is 21.4 Å². The normalized spacial score (nSPS) is 11.6. The van der Waals surface area contributed by atoms with Crippen LogP contribution >= 0.6 is 27.5 Å². The maximum atomic E-state index is 13.0. The molecule has 0 aliphatic heterocycles. The molecule has 0 aliphatic rings. The average molecular weight is 635 g/mol. The van der Waals surface area contributed by atoms with Crippen LogP contribution in [0.1, 0.15) is 15.9 Å². The summed E-state index contributed by atoms with van der Waals surface area (Å²) >= 11 is 9.46. The van der Waals surface area contributed by atoms with Crippen LogP contribution in [-0.4, -0.2) is 22.7 Å². The summed E-state index contributed by atoms with van der Waals surface area (Å²) in [6.07, 6.45) is 0. The summed E-state index contributed by atoms with van der Waals surface area (Å²) < 4.78 is 57.1. The highest BCUT2D eigenvalue weighted by Crippen LogP contribution is 2.27. The van der Waals surface area contributed by atoms with Crippen LogP contribution in [0.15, 0.2) is 105 Å². The first-order chi connectivity index (χ1) is 17.9. The first kappa shape index (κ1) is 27.6.